The lowest BCUT2D eigenvalue weighted by atomic mass is 10.3. The molecule has 1 atom stereocenters. The number of aliphatic hydroxyl groups is 1. The van der Waals surface area contributed by atoms with E-state index in [4.69, 9.17) is 11.6 Å². The number of rotatable bonds is 3. The first-order valence-electron chi connectivity index (χ1n) is 4.53. The van der Waals surface area contributed by atoms with Crippen molar-refractivity contribution in [2.24, 2.45) is 0 Å². The molecule has 80 valence electrons. The SMILES string of the molecule is CC(O)Cc1cnc(-c2ccc(Cl)s2)s1. The smallest absolute Gasteiger partial charge is 0.133 e. The summed E-state index contributed by atoms with van der Waals surface area (Å²) >= 11 is 8.99. The fourth-order valence-corrected chi connectivity index (χ4v) is 3.37. The zero-order chi connectivity index (χ0) is 10.8. The van der Waals surface area contributed by atoms with E-state index in [2.05, 4.69) is 4.98 Å². The van der Waals surface area contributed by atoms with Gasteiger partial charge in [0.2, 0.25) is 0 Å². The van der Waals surface area contributed by atoms with Crippen LogP contribution in [0.25, 0.3) is 9.88 Å². The Balaban J connectivity index is 2.20. The first kappa shape index (κ1) is 11.1. The largest absolute Gasteiger partial charge is 0.393 e. The second-order valence-electron chi connectivity index (χ2n) is 3.29. The van der Waals surface area contributed by atoms with E-state index in [1.165, 1.54) is 11.3 Å². The second-order valence-corrected chi connectivity index (χ2v) is 6.12. The standard InChI is InChI=1S/C10H10ClNOS2/c1-6(13)4-7-5-12-10(14-7)8-2-3-9(11)15-8/h2-3,5-6,13H,4H2,1H3. The minimum atomic E-state index is -0.315. The number of aliphatic hydroxyl groups excluding tert-OH is 1. The number of thiazole rings is 1. The fourth-order valence-electron chi connectivity index (χ4n) is 1.24. The van der Waals surface area contributed by atoms with E-state index in [1.54, 1.807) is 18.3 Å². The molecule has 0 aliphatic rings. The summed E-state index contributed by atoms with van der Waals surface area (Å²) in [5.74, 6) is 0. The summed E-state index contributed by atoms with van der Waals surface area (Å²) < 4.78 is 0.775. The zero-order valence-corrected chi connectivity index (χ0v) is 10.5. The van der Waals surface area contributed by atoms with Crippen molar-refractivity contribution >= 4 is 34.3 Å². The highest BCUT2D eigenvalue weighted by atomic mass is 35.5. The average molecular weight is 260 g/mol. The van der Waals surface area contributed by atoms with E-state index >= 15 is 0 Å². The van der Waals surface area contributed by atoms with Gasteiger partial charge in [-0.05, 0) is 19.1 Å². The fraction of sp³-hybridized carbons (Fsp3) is 0.300. The maximum Gasteiger partial charge on any atom is 0.133 e. The number of nitrogens with zero attached hydrogens (tertiary/aromatic N) is 1. The molecule has 0 aromatic carbocycles. The van der Waals surface area contributed by atoms with Gasteiger partial charge >= 0.3 is 0 Å². The molecule has 0 saturated heterocycles. The highest BCUT2D eigenvalue weighted by Crippen LogP contribution is 2.33. The normalized spacial score (nSPS) is 13.0. The van der Waals surface area contributed by atoms with Gasteiger partial charge in [-0.25, -0.2) is 4.98 Å². The zero-order valence-electron chi connectivity index (χ0n) is 8.11. The van der Waals surface area contributed by atoms with Gasteiger partial charge in [-0.1, -0.05) is 11.6 Å². The lowest BCUT2D eigenvalue weighted by molar-refractivity contribution is 0.196. The summed E-state index contributed by atoms with van der Waals surface area (Å²) in [6.45, 7) is 1.78. The maximum absolute atomic E-state index is 9.25. The van der Waals surface area contributed by atoms with Crippen LogP contribution in [0.2, 0.25) is 4.34 Å². The molecule has 0 aliphatic carbocycles. The Kier molecular flexibility index (Phi) is 3.41. The molecule has 0 amide bonds. The summed E-state index contributed by atoms with van der Waals surface area (Å²) in [5, 5.41) is 10.2. The minimum Gasteiger partial charge on any atom is -0.393 e. The second kappa shape index (κ2) is 4.61. The van der Waals surface area contributed by atoms with Crippen molar-refractivity contribution < 1.29 is 5.11 Å². The van der Waals surface area contributed by atoms with Crippen LogP contribution in [0.3, 0.4) is 0 Å². The van der Waals surface area contributed by atoms with Gasteiger partial charge in [-0.15, -0.1) is 22.7 Å². The molecule has 0 saturated carbocycles. The molecule has 5 heteroatoms. The summed E-state index contributed by atoms with van der Waals surface area (Å²) in [7, 11) is 0. The Morgan fingerprint density at radius 1 is 1.47 bits per heavy atom. The molecule has 2 aromatic rings. The molecule has 1 unspecified atom stereocenters. The quantitative estimate of drug-likeness (QED) is 0.916. The van der Waals surface area contributed by atoms with Crippen LogP contribution >= 0.6 is 34.3 Å². The van der Waals surface area contributed by atoms with Crippen molar-refractivity contribution in [3.63, 3.8) is 0 Å². The van der Waals surface area contributed by atoms with Crippen LogP contribution in [-0.2, 0) is 6.42 Å². The van der Waals surface area contributed by atoms with Gasteiger partial charge in [-0.3, -0.25) is 0 Å². The van der Waals surface area contributed by atoms with E-state index in [-0.39, 0.29) is 6.10 Å². The number of halogens is 1. The Bertz CT molecular complexity index is 450. The van der Waals surface area contributed by atoms with Crippen LogP contribution in [0.1, 0.15) is 11.8 Å². The summed E-state index contributed by atoms with van der Waals surface area (Å²) in [4.78, 5) is 6.50. The van der Waals surface area contributed by atoms with Crippen LogP contribution in [0.5, 0.6) is 0 Å². The van der Waals surface area contributed by atoms with E-state index in [0.29, 0.717) is 6.42 Å². The maximum atomic E-state index is 9.25. The Labute approximate surface area is 101 Å². The van der Waals surface area contributed by atoms with Gasteiger partial charge < -0.3 is 5.11 Å². The molecule has 15 heavy (non-hydrogen) atoms. The summed E-state index contributed by atoms with van der Waals surface area (Å²) in [6.07, 6.45) is 2.17. The average Bonchev–Trinajstić information content (AvgIpc) is 2.72. The number of thiophene rings is 1. The summed E-state index contributed by atoms with van der Waals surface area (Å²) in [6, 6.07) is 3.84. The molecule has 0 radical (unpaired) electrons. The molecule has 0 spiro atoms. The van der Waals surface area contributed by atoms with E-state index < -0.39 is 0 Å². The highest BCUT2D eigenvalue weighted by molar-refractivity contribution is 7.23. The van der Waals surface area contributed by atoms with Crippen LogP contribution in [0.15, 0.2) is 18.3 Å². The highest BCUT2D eigenvalue weighted by Gasteiger charge is 2.08. The Hall–Kier alpha value is -0.420. The van der Waals surface area contributed by atoms with Gasteiger partial charge in [0.25, 0.3) is 0 Å². The van der Waals surface area contributed by atoms with Gasteiger partial charge in [0.05, 0.1) is 15.3 Å². The number of aromatic nitrogens is 1. The topological polar surface area (TPSA) is 33.1 Å². The van der Waals surface area contributed by atoms with Gasteiger partial charge in [0, 0.05) is 17.5 Å². The third-order valence-electron chi connectivity index (χ3n) is 1.83. The van der Waals surface area contributed by atoms with Crippen LogP contribution in [0, 0.1) is 0 Å². The first-order chi connectivity index (χ1) is 7.15. The van der Waals surface area contributed by atoms with E-state index in [9.17, 15) is 5.11 Å². The third kappa shape index (κ3) is 2.78. The van der Waals surface area contributed by atoms with E-state index in [1.807, 2.05) is 18.3 Å². The lowest BCUT2D eigenvalue weighted by Crippen LogP contribution is -2.01. The van der Waals surface area contributed by atoms with Crippen LogP contribution < -0.4 is 0 Å². The lowest BCUT2D eigenvalue weighted by Gasteiger charge is -1.97. The van der Waals surface area contributed by atoms with Crippen LogP contribution in [0.4, 0.5) is 0 Å². The third-order valence-corrected chi connectivity index (χ3v) is 4.25. The van der Waals surface area contributed by atoms with Crippen molar-refractivity contribution in [3.8, 4) is 9.88 Å². The van der Waals surface area contributed by atoms with E-state index in [0.717, 1.165) is 19.1 Å². The molecule has 0 bridgehead atoms. The molecule has 0 aliphatic heterocycles. The molecule has 2 aromatic heterocycles. The molecular weight excluding hydrogens is 250 g/mol. The van der Waals surface area contributed by atoms with Crippen molar-refractivity contribution in [2.45, 2.75) is 19.4 Å². The minimum absolute atomic E-state index is 0.315. The van der Waals surface area contributed by atoms with Crippen molar-refractivity contribution in [3.05, 3.63) is 27.5 Å². The van der Waals surface area contributed by atoms with Crippen molar-refractivity contribution in [1.29, 1.82) is 0 Å². The molecule has 1 N–H and O–H groups in total. The Morgan fingerprint density at radius 3 is 2.87 bits per heavy atom. The van der Waals surface area contributed by atoms with Gasteiger partial charge in [0.15, 0.2) is 0 Å². The number of hydrogen-bond acceptors (Lipinski definition) is 4. The van der Waals surface area contributed by atoms with Crippen molar-refractivity contribution in [1.82, 2.24) is 4.98 Å². The predicted molar refractivity (Wildman–Crippen MR) is 65.8 cm³/mol. The molecule has 2 nitrogen and oxygen atoms in total. The molecular formula is C10H10ClNOS2. The molecule has 0 fully saturated rings. The molecule has 2 rings (SSSR count). The predicted octanol–water partition coefficient (Wildman–Crippen LogP) is 3.45. The number of hydrogen-bond donors (Lipinski definition) is 1. The van der Waals surface area contributed by atoms with Crippen molar-refractivity contribution in [2.75, 3.05) is 0 Å². The Morgan fingerprint density at radius 2 is 2.27 bits per heavy atom. The van der Waals surface area contributed by atoms with Gasteiger partial charge in [-0.2, -0.15) is 0 Å². The molecule has 2 heterocycles. The first-order valence-corrected chi connectivity index (χ1v) is 6.54. The monoisotopic (exact) mass is 259 g/mol. The van der Waals surface area contributed by atoms with Crippen LogP contribution in [-0.4, -0.2) is 16.2 Å². The van der Waals surface area contributed by atoms with Gasteiger partial charge in [0.1, 0.15) is 5.01 Å². The summed E-state index contributed by atoms with van der Waals surface area (Å²) in [5.41, 5.74) is 0.